The molecule has 0 saturated heterocycles. The smallest absolute Gasteiger partial charge is 0.329 e. The molecule has 0 aliphatic carbocycles. The molecule has 1 heterocycles. The Morgan fingerprint density at radius 1 is 1.56 bits per heavy atom. The van der Waals surface area contributed by atoms with Crippen LogP contribution in [0.15, 0.2) is 6.20 Å². The van der Waals surface area contributed by atoms with Gasteiger partial charge in [0, 0.05) is 13.6 Å². The number of nitro groups is 1. The molecule has 1 unspecified atom stereocenters. The van der Waals surface area contributed by atoms with E-state index in [1.54, 1.807) is 7.05 Å². The fourth-order valence-electron chi connectivity index (χ4n) is 1.20. The number of nitrogens with zero attached hydrogens (tertiary/aromatic N) is 3. The van der Waals surface area contributed by atoms with E-state index in [9.17, 15) is 15.2 Å². The third-order valence-corrected chi connectivity index (χ3v) is 2.44. The molecule has 1 rings (SSSR count). The standard InChI is InChI=1S/C10H17N5O3/c1-6(2)8(16)5-12-9-7(15(17)18)4-13-10(11-3)14-9/h4,6,8,16H,5H2,1-3H3,(H2,11,12,13,14). The van der Waals surface area contributed by atoms with Crippen LogP contribution < -0.4 is 10.6 Å². The molecule has 1 aromatic heterocycles. The Labute approximate surface area is 105 Å². The summed E-state index contributed by atoms with van der Waals surface area (Å²) in [7, 11) is 1.62. The molecule has 0 saturated carbocycles. The van der Waals surface area contributed by atoms with Crippen molar-refractivity contribution >= 4 is 17.5 Å². The number of hydrogen-bond donors (Lipinski definition) is 3. The maximum absolute atomic E-state index is 10.8. The molecule has 100 valence electrons. The molecule has 8 heteroatoms. The van der Waals surface area contributed by atoms with Crippen molar-refractivity contribution in [3.8, 4) is 0 Å². The zero-order chi connectivity index (χ0) is 13.7. The Balaban J connectivity index is 2.87. The fourth-order valence-corrected chi connectivity index (χ4v) is 1.20. The minimum Gasteiger partial charge on any atom is -0.391 e. The lowest BCUT2D eigenvalue weighted by atomic mass is 10.1. The lowest BCUT2D eigenvalue weighted by Gasteiger charge is -2.15. The van der Waals surface area contributed by atoms with Crippen LogP contribution in [0.1, 0.15) is 13.8 Å². The van der Waals surface area contributed by atoms with Crippen LogP contribution in [-0.4, -0.2) is 39.7 Å². The van der Waals surface area contributed by atoms with Crippen molar-refractivity contribution in [1.82, 2.24) is 9.97 Å². The normalized spacial score (nSPS) is 12.3. The minimum absolute atomic E-state index is 0.0576. The first kappa shape index (κ1) is 14.1. The molecule has 0 spiro atoms. The Bertz CT molecular complexity index is 424. The third-order valence-electron chi connectivity index (χ3n) is 2.44. The van der Waals surface area contributed by atoms with E-state index in [4.69, 9.17) is 0 Å². The molecule has 18 heavy (non-hydrogen) atoms. The van der Waals surface area contributed by atoms with E-state index in [0.717, 1.165) is 6.20 Å². The van der Waals surface area contributed by atoms with Crippen molar-refractivity contribution in [2.24, 2.45) is 5.92 Å². The van der Waals surface area contributed by atoms with Crippen molar-refractivity contribution in [2.45, 2.75) is 20.0 Å². The third kappa shape index (κ3) is 3.52. The van der Waals surface area contributed by atoms with Crippen molar-refractivity contribution in [3.05, 3.63) is 16.3 Å². The Morgan fingerprint density at radius 2 is 2.22 bits per heavy atom. The molecule has 0 amide bonds. The van der Waals surface area contributed by atoms with Gasteiger partial charge in [-0.05, 0) is 5.92 Å². The minimum atomic E-state index is -0.599. The average Bonchev–Trinajstić information content (AvgIpc) is 2.34. The van der Waals surface area contributed by atoms with E-state index in [1.165, 1.54) is 0 Å². The highest BCUT2D eigenvalue weighted by Gasteiger charge is 2.18. The van der Waals surface area contributed by atoms with Gasteiger partial charge in [0.25, 0.3) is 0 Å². The second kappa shape index (κ2) is 6.10. The lowest BCUT2D eigenvalue weighted by molar-refractivity contribution is -0.384. The summed E-state index contributed by atoms with van der Waals surface area (Å²) < 4.78 is 0. The van der Waals surface area contributed by atoms with Crippen LogP contribution >= 0.6 is 0 Å². The number of aromatic nitrogens is 2. The van der Waals surface area contributed by atoms with Gasteiger partial charge in [-0.1, -0.05) is 13.8 Å². The van der Waals surface area contributed by atoms with Gasteiger partial charge in [0.05, 0.1) is 11.0 Å². The van der Waals surface area contributed by atoms with E-state index in [0.29, 0.717) is 0 Å². The Hall–Kier alpha value is -1.96. The molecule has 1 atom stereocenters. The topological polar surface area (TPSA) is 113 Å². The van der Waals surface area contributed by atoms with Crippen LogP contribution in [0.3, 0.4) is 0 Å². The molecule has 0 aliphatic rings. The van der Waals surface area contributed by atoms with Crippen LogP contribution in [0.5, 0.6) is 0 Å². The van der Waals surface area contributed by atoms with Crippen molar-refractivity contribution in [3.63, 3.8) is 0 Å². The summed E-state index contributed by atoms with van der Waals surface area (Å²) in [6.07, 6.45) is 0.528. The second-order valence-corrected chi connectivity index (χ2v) is 4.13. The zero-order valence-electron chi connectivity index (χ0n) is 10.5. The number of anilines is 2. The van der Waals surface area contributed by atoms with Crippen LogP contribution in [0, 0.1) is 16.0 Å². The monoisotopic (exact) mass is 255 g/mol. The molecule has 0 fully saturated rings. The summed E-state index contributed by atoms with van der Waals surface area (Å²) in [5.74, 6) is 0.434. The fraction of sp³-hybridized carbons (Fsp3) is 0.600. The molecule has 0 radical (unpaired) electrons. The molecule has 8 nitrogen and oxygen atoms in total. The van der Waals surface area contributed by atoms with E-state index in [1.807, 2.05) is 13.8 Å². The number of nitrogens with one attached hydrogen (secondary N) is 2. The summed E-state index contributed by atoms with van der Waals surface area (Å²) in [6.45, 7) is 3.91. The summed E-state index contributed by atoms with van der Waals surface area (Å²) in [5.41, 5.74) is -0.218. The van der Waals surface area contributed by atoms with Crippen LogP contribution in [0.25, 0.3) is 0 Å². The Morgan fingerprint density at radius 3 is 2.72 bits per heavy atom. The number of hydrogen-bond acceptors (Lipinski definition) is 7. The van der Waals surface area contributed by atoms with E-state index >= 15 is 0 Å². The van der Waals surface area contributed by atoms with Crippen molar-refractivity contribution in [1.29, 1.82) is 0 Å². The zero-order valence-corrected chi connectivity index (χ0v) is 10.5. The van der Waals surface area contributed by atoms with Gasteiger partial charge >= 0.3 is 5.69 Å². The highest BCUT2D eigenvalue weighted by molar-refractivity contribution is 5.56. The summed E-state index contributed by atoms with van der Waals surface area (Å²) in [4.78, 5) is 18.0. The number of aliphatic hydroxyl groups is 1. The lowest BCUT2D eigenvalue weighted by Crippen LogP contribution is -2.25. The van der Waals surface area contributed by atoms with Gasteiger partial charge in [-0.25, -0.2) is 4.98 Å². The highest BCUT2D eigenvalue weighted by Crippen LogP contribution is 2.21. The SMILES string of the molecule is CNc1ncc([N+](=O)[O-])c(NCC(O)C(C)C)n1. The molecule has 3 N–H and O–H groups in total. The maximum Gasteiger partial charge on any atom is 0.329 e. The molecule has 0 aliphatic heterocycles. The molecule has 0 aromatic carbocycles. The summed E-state index contributed by atoms with van der Waals surface area (Å²) in [6, 6.07) is 0. The average molecular weight is 255 g/mol. The van der Waals surface area contributed by atoms with Gasteiger partial charge in [-0.3, -0.25) is 10.1 Å². The second-order valence-electron chi connectivity index (χ2n) is 4.13. The van der Waals surface area contributed by atoms with Gasteiger partial charge in [0.1, 0.15) is 6.20 Å². The first-order valence-electron chi connectivity index (χ1n) is 5.56. The van der Waals surface area contributed by atoms with E-state index in [-0.39, 0.29) is 29.9 Å². The number of rotatable bonds is 6. The largest absolute Gasteiger partial charge is 0.391 e. The van der Waals surface area contributed by atoms with Crippen molar-refractivity contribution in [2.75, 3.05) is 24.2 Å². The van der Waals surface area contributed by atoms with Gasteiger partial charge in [0.2, 0.25) is 11.8 Å². The van der Waals surface area contributed by atoms with Crippen molar-refractivity contribution < 1.29 is 10.0 Å². The van der Waals surface area contributed by atoms with Gasteiger partial charge < -0.3 is 15.7 Å². The quantitative estimate of drug-likeness (QED) is 0.510. The van der Waals surface area contributed by atoms with Crippen LogP contribution in [0.4, 0.5) is 17.5 Å². The molecule has 1 aromatic rings. The predicted molar refractivity (Wildman–Crippen MR) is 67.6 cm³/mol. The van der Waals surface area contributed by atoms with Crippen LogP contribution in [0.2, 0.25) is 0 Å². The molecule has 0 bridgehead atoms. The van der Waals surface area contributed by atoms with Gasteiger partial charge in [0.15, 0.2) is 0 Å². The van der Waals surface area contributed by atoms with E-state index < -0.39 is 11.0 Å². The van der Waals surface area contributed by atoms with Gasteiger partial charge in [-0.15, -0.1) is 0 Å². The highest BCUT2D eigenvalue weighted by atomic mass is 16.6. The molecular weight excluding hydrogens is 238 g/mol. The van der Waals surface area contributed by atoms with Crippen LogP contribution in [-0.2, 0) is 0 Å². The predicted octanol–water partition coefficient (Wildman–Crippen LogP) is 0.855. The summed E-state index contributed by atoms with van der Waals surface area (Å²) >= 11 is 0. The first-order chi connectivity index (χ1) is 8.45. The first-order valence-corrected chi connectivity index (χ1v) is 5.56. The summed E-state index contributed by atoms with van der Waals surface area (Å²) in [5, 5.41) is 25.9. The molecular formula is C10H17N5O3. The van der Waals surface area contributed by atoms with E-state index in [2.05, 4.69) is 20.6 Å². The van der Waals surface area contributed by atoms with Gasteiger partial charge in [-0.2, -0.15) is 4.98 Å². The number of aliphatic hydroxyl groups excluding tert-OH is 1. The Kier molecular flexibility index (Phi) is 4.78. The maximum atomic E-state index is 10.8.